The number of rotatable bonds is 2. The van der Waals surface area contributed by atoms with Gasteiger partial charge in [-0.15, -0.1) is 24.0 Å². The van der Waals surface area contributed by atoms with Crippen LogP contribution < -0.4 is 5.32 Å². The van der Waals surface area contributed by atoms with Crippen LogP contribution in [0, 0.1) is 5.41 Å². The SMILES string of the molecule is CN=C(NCc1ccccc1Cl)N1CCC(C)(C)C1.I. The molecule has 1 saturated heterocycles. The van der Waals surface area contributed by atoms with Crippen LogP contribution in [0.3, 0.4) is 0 Å². The van der Waals surface area contributed by atoms with Crippen molar-refractivity contribution >= 4 is 41.5 Å². The van der Waals surface area contributed by atoms with Crippen molar-refractivity contribution in [3.05, 3.63) is 34.9 Å². The molecule has 1 N–H and O–H groups in total. The van der Waals surface area contributed by atoms with Crippen molar-refractivity contribution in [2.45, 2.75) is 26.8 Å². The first kappa shape index (κ1) is 17.6. The van der Waals surface area contributed by atoms with Gasteiger partial charge in [-0.25, -0.2) is 0 Å². The first-order valence-corrected chi connectivity index (χ1v) is 7.09. The molecular formula is C15H23ClIN3. The Labute approximate surface area is 143 Å². The first-order valence-electron chi connectivity index (χ1n) is 6.71. The smallest absolute Gasteiger partial charge is 0.193 e. The monoisotopic (exact) mass is 407 g/mol. The predicted octanol–water partition coefficient (Wildman–Crippen LogP) is 3.77. The predicted molar refractivity (Wildman–Crippen MR) is 97.0 cm³/mol. The molecule has 0 bridgehead atoms. The number of hydrogen-bond acceptors (Lipinski definition) is 1. The summed E-state index contributed by atoms with van der Waals surface area (Å²) < 4.78 is 0. The summed E-state index contributed by atoms with van der Waals surface area (Å²) in [4.78, 5) is 6.69. The minimum absolute atomic E-state index is 0. The Kier molecular flexibility index (Phi) is 6.58. The van der Waals surface area contributed by atoms with Gasteiger partial charge >= 0.3 is 0 Å². The normalized spacial score (nSPS) is 17.8. The quantitative estimate of drug-likeness (QED) is 0.459. The van der Waals surface area contributed by atoms with Crippen molar-refractivity contribution in [3.63, 3.8) is 0 Å². The van der Waals surface area contributed by atoms with E-state index in [4.69, 9.17) is 11.6 Å². The highest BCUT2D eigenvalue weighted by molar-refractivity contribution is 14.0. The van der Waals surface area contributed by atoms with E-state index in [0.717, 1.165) is 29.6 Å². The highest BCUT2D eigenvalue weighted by Gasteiger charge is 2.30. The van der Waals surface area contributed by atoms with Gasteiger partial charge < -0.3 is 10.2 Å². The van der Waals surface area contributed by atoms with Crippen LogP contribution in [-0.4, -0.2) is 31.0 Å². The molecule has 0 aromatic heterocycles. The first-order chi connectivity index (χ1) is 9.02. The molecule has 112 valence electrons. The zero-order valence-electron chi connectivity index (χ0n) is 12.3. The maximum absolute atomic E-state index is 6.16. The zero-order valence-corrected chi connectivity index (χ0v) is 15.4. The standard InChI is InChI=1S/C15H22ClN3.HI/c1-15(2)8-9-19(11-15)14(17-3)18-10-12-6-4-5-7-13(12)16;/h4-7H,8-11H2,1-3H3,(H,17,18);1H. The molecule has 1 heterocycles. The Bertz CT molecular complexity index is 474. The summed E-state index contributed by atoms with van der Waals surface area (Å²) in [6.45, 7) is 7.43. The maximum Gasteiger partial charge on any atom is 0.193 e. The molecule has 2 rings (SSSR count). The average Bonchev–Trinajstić information content (AvgIpc) is 2.73. The third-order valence-electron chi connectivity index (χ3n) is 3.58. The topological polar surface area (TPSA) is 27.6 Å². The number of nitrogens with one attached hydrogen (secondary N) is 1. The molecule has 0 spiro atoms. The van der Waals surface area contributed by atoms with Crippen molar-refractivity contribution in [3.8, 4) is 0 Å². The molecular weight excluding hydrogens is 385 g/mol. The second-order valence-electron chi connectivity index (χ2n) is 5.83. The fourth-order valence-corrected chi connectivity index (χ4v) is 2.64. The van der Waals surface area contributed by atoms with E-state index in [1.807, 2.05) is 31.3 Å². The summed E-state index contributed by atoms with van der Waals surface area (Å²) in [6, 6.07) is 7.91. The Balaban J connectivity index is 0.00000200. The minimum atomic E-state index is 0. The number of aliphatic imine (C=N–C) groups is 1. The van der Waals surface area contributed by atoms with Gasteiger partial charge in [0, 0.05) is 31.7 Å². The number of hydrogen-bond donors (Lipinski definition) is 1. The van der Waals surface area contributed by atoms with Gasteiger partial charge in [0.15, 0.2) is 5.96 Å². The second kappa shape index (κ2) is 7.50. The van der Waals surface area contributed by atoms with Crippen LogP contribution >= 0.6 is 35.6 Å². The van der Waals surface area contributed by atoms with E-state index in [1.165, 1.54) is 6.42 Å². The van der Waals surface area contributed by atoms with E-state index >= 15 is 0 Å². The van der Waals surface area contributed by atoms with Crippen LogP contribution in [0.2, 0.25) is 5.02 Å². The molecule has 20 heavy (non-hydrogen) atoms. The number of halogens is 2. The van der Waals surface area contributed by atoms with E-state index in [1.54, 1.807) is 0 Å². The van der Waals surface area contributed by atoms with Crippen LogP contribution in [0.1, 0.15) is 25.8 Å². The minimum Gasteiger partial charge on any atom is -0.352 e. The van der Waals surface area contributed by atoms with E-state index < -0.39 is 0 Å². The molecule has 1 aliphatic rings. The number of guanidine groups is 1. The largest absolute Gasteiger partial charge is 0.352 e. The summed E-state index contributed by atoms with van der Waals surface area (Å²) in [5.74, 6) is 0.963. The average molecular weight is 408 g/mol. The lowest BCUT2D eigenvalue weighted by atomic mass is 9.93. The summed E-state index contributed by atoms with van der Waals surface area (Å²) in [5.41, 5.74) is 1.48. The van der Waals surface area contributed by atoms with Crippen molar-refractivity contribution in [2.24, 2.45) is 10.4 Å². The molecule has 0 radical (unpaired) electrons. The lowest BCUT2D eigenvalue weighted by Gasteiger charge is -2.23. The second-order valence-corrected chi connectivity index (χ2v) is 6.24. The Morgan fingerprint density at radius 3 is 2.65 bits per heavy atom. The van der Waals surface area contributed by atoms with Crippen LogP contribution in [0.15, 0.2) is 29.3 Å². The van der Waals surface area contributed by atoms with Gasteiger partial charge in [-0.1, -0.05) is 43.6 Å². The summed E-state index contributed by atoms with van der Waals surface area (Å²) in [6.07, 6.45) is 1.21. The molecule has 3 nitrogen and oxygen atoms in total. The van der Waals surface area contributed by atoms with Crippen LogP contribution in [0.25, 0.3) is 0 Å². The number of benzene rings is 1. The van der Waals surface area contributed by atoms with Gasteiger partial charge in [-0.2, -0.15) is 0 Å². The molecule has 0 saturated carbocycles. The highest BCUT2D eigenvalue weighted by Crippen LogP contribution is 2.28. The number of likely N-dealkylation sites (tertiary alicyclic amines) is 1. The van der Waals surface area contributed by atoms with Crippen molar-refractivity contribution in [1.29, 1.82) is 0 Å². The van der Waals surface area contributed by atoms with Gasteiger partial charge in [-0.05, 0) is 23.5 Å². The van der Waals surface area contributed by atoms with Gasteiger partial charge in [0.25, 0.3) is 0 Å². The summed E-state index contributed by atoms with van der Waals surface area (Å²) >= 11 is 6.16. The van der Waals surface area contributed by atoms with Gasteiger partial charge in [0.1, 0.15) is 0 Å². The Morgan fingerprint density at radius 2 is 2.10 bits per heavy atom. The third kappa shape index (κ3) is 4.52. The molecule has 0 amide bonds. The van der Waals surface area contributed by atoms with Crippen molar-refractivity contribution < 1.29 is 0 Å². The fourth-order valence-electron chi connectivity index (χ4n) is 2.44. The van der Waals surface area contributed by atoms with Gasteiger partial charge in [0.2, 0.25) is 0 Å². The van der Waals surface area contributed by atoms with Crippen LogP contribution in [0.5, 0.6) is 0 Å². The molecule has 1 fully saturated rings. The van der Waals surface area contributed by atoms with E-state index in [9.17, 15) is 0 Å². The van der Waals surface area contributed by atoms with Crippen LogP contribution in [-0.2, 0) is 6.54 Å². The van der Waals surface area contributed by atoms with E-state index in [2.05, 4.69) is 29.1 Å². The zero-order chi connectivity index (χ0) is 13.9. The Hall–Kier alpha value is -0.490. The van der Waals surface area contributed by atoms with Crippen molar-refractivity contribution in [1.82, 2.24) is 10.2 Å². The lowest BCUT2D eigenvalue weighted by molar-refractivity contribution is 0.370. The third-order valence-corrected chi connectivity index (χ3v) is 3.95. The molecule has 0 unspecified atom stereocenters. The van der Waals surface area contributed by atoms with Crippen molar-refractivity contribution in [2.75, 3.05) is 20.1 Å². The lowest BCUT2D eigenvalue weighted by Crippen LogP contribution is -2.40. The number of nitrogens with zero attached hydrogens (tertiary/aromatic N) is 2. The molecule has 1 aliphatic heterocycles. The molecule has 0 atom stereocenters. The van der Waals surface area contributed by atoms with E-state index in [0.29, 0.717) is 12.0 Å². The van der Waals surface area contributed by atoms with Crippen LogP contribution in [0.4, 0.5) is 0 Å². The fraction of sp³-hybridized carbons (Fsp3) is 0.533. The Morgan fingerprint density at radius 1 is 1.40 bits per heavy atom. The summed E-state index contributed by atoms with van der Waals surface area (Å²) in [7, 11) is 1.83. The molecule has 1 aromatic rings. The van der Waals surface area contributed by atoms with Gasteiger partial charge in [0.05, 0.1) is 0 Å². The van der Waals surface area contributed by atoms with E-state index in [-0.39, 0.29) is 24.0 Å². The summed E-state index contributed by atoms with van der Waals surface area (Å²) in [5, 5.41) is 4.20. The molecule has 1 aromatic carbocycles. The molecule has 5 heteroatoms. The molecule has 0 aliphatic carbocycles. The van der Waals surface area contributed by atoms with Gasteiger partial charge in [-0.3, -0.25) is 4.99 Å². The maximum atomic E-state index is 6.16. The highest BCUT2D eigenvalue weighted by atomic mass is 127.